The molecule has 1 aliphatic rings. The minimum absolute atomic E-state index is 0.293. The Labute approximate surface area is 127 Å². The molecule has 0 aromatic heterocycles. The van der Waals surface area contributed by atoms with Gasteiger partial charge in [0.15, 0.2) is 0 Å². The molecule has 0 aliphatic carbocycles. The summed E-state index contributed by atoms with van der Waals surface area (Å²) in [6.45, 7) is 10.7. The van der Waals surface area contributed by atoms with Crippen LogP contribution in [0.3, 0.4) is 0 Å². The number of nitrogens with one attached hydrogen (secondary N) is 1. The fourth-order valence-electron chi connectivity index (χ4n) is 2.76. The second-order valence-electron chi connectivity index (χ2n) is 5.71. The van der Waals surface area contributed by atoms with Crippen molar-refractivity contribution in [3.8, 4) is 0 Å². The zero-order valence-electron chi connectivity index (χ0n) is 13.2. The molecule has 1 aliphatic heterocycles. The quantitative estimate of drug-likeness (QED) is 0.892. The number of hydrogen-bond acceptors (Lipinski definition) is 3. The number of hydrogen-bond donors (Lipinski definition) is 1. The van der Waals surface area contributed by atoms with Crippen molar-refractivity contribution in [2.45, 2.75) is 46.3 Å². The number of thioether (sulfide) groups is 1. The Morgan fingerprint density at radius 1 is 1.25 bits per heavy atom. The highest BCUT2D eigenvalue weighted by molar-refractivity contribution is 7.99. The minimum atomic E-state index is 0.293. The fraction of sp³-hybridized carbons (Fsp3) is 0.647. The van der Waals surface area contributed by atoms with E-state index in [2.05, 4.69) is 45.1 Å². The average molecular weight is 293 g/mol. The van der Waals surface area contributed by atoms with E-state index in [1.54, 1.807) is 0 Å². The standard InChI is InChI=1S/C17H27NOS/c1-5-6-18-17(16-11-20-8-7-19-16)15-10-13(3)12(2)9-14(15)4/h9-10,16-18H,5-8,11H2,1-4H3. The third-order valence-corrected chi connectivity index (χ3v) is 5.06. The molecule has 2 rings (SSSR count). The Hall–Kier alpha value is -0.510. The predicted octanol–water partition coefficient (Wildman–Crippen LogP) is 3.78. The molecule has 1 fully saturated rings. The topological polar surface area (TPSA) is 21.3 Å². The smallest absolute Gasteiger partial charge is 0.0860 e. The van der Waals surface area contributed by atoms with E-state index in [-0.39, 0.29) is 0 Å². The van der Waals surface area contributed by atoms with Crippen molar-refractivity contribution < 1.29 is 4.74 Å². The maximum atomic E-state index is 6.03. The lowest BCUT2D eigenvalue weighted by Gasteiger charge is -2.32. The van der Waals surface area contributed by atoms with Crippen LogP contribution in [0, 0.1) is 20.8 Å². The monoisotopic (exact) mass is 293 g/mol. The third kappa shape index (κ3) is 3.78. The summed E-state index contributed by atoms with van der Waals surface area (Å²) in [6, 6.07) is 4.98. The SMILES string of the molecule is CCCNC(c1cc(C)c(C)cc1C)C1CSCCO1. The van der Waals surface area contributed by atoms with E-state index in [0.29, 0.717) is 12.1 Å². The Bertz CT molecular complexity index is 441. The van der Waals surface area contributed by atoms with Gasteiger partial charge in [0.25, 0.3) is 0 Å². The van der Waals surface area contributed by atoms with Gasteiger partial charge in [-0.25, -0.2) is 0 Å². The maximum Gasteiger partial charge on any atom is 0.0860 e. The Kier molecular flexibility index (Phi) is 5.94. The van der Waals surface area contributed by atoms with Crippen LogP contribution in [0.4, 0.5) is 0 Å². The first kappa shape index (κ1) is 15.9. The number of aryl methyl sites for hydroxylation is 3. The summed E-state index contributed by atoms with van der Waals surface area (Å²) in [4.78, 5) is 0. The van der Waals surface area contributed by atoms with E-state index in [1.807, 2.05) is 11.8 Å². The molecule has 3 heteroatoms. The lowest BCUT2D eigenvalue weighted by atomic mass is 9.93. The molecule has 1 N–H and O–H groups in total. The molecule has 0 radical (unpaired) electrons. The van der Waals surface area contributed by atoms with Crippen LogP contribution in [0.15, 0.2) is 12.1 Å². The van der Waals surface area contributed by atoms with Crippen LogP contribution in [0.2, 0.25) is 0 Å². The fourth-order valence-corrected chi connectivity index (χ4v) is 3.66. The summed E-state index contributed by atoms with van der Waals surface area (Å²) < 4.78 is 6.03. The van der Waals surface area contributed by atoms with E-state index >= 15 is 0 Å². The summed E-state index contributed by atoms with van der Waals surface area (Å²) in [5.41, 5.74) is 5.53. The van der Waals surface area contributed by atoms with Gasteiger partial charge in [0.05, 0.1) is 18.8 Å². The molecular weight excluding hydrogens is 266 g/mol. The molecule has 1 aromatic carbocycles. The van der Waals surface area contributed by atoms with E-state index in [1.165, 1.54) is 22.3 Å². The van der Waals surface area contributed by atoms with Crippen molar-refractivity contribution in [1.29, 1.82) is 0 Å². The molecule has 0 saturated carbocycles. The average Bonchev–Trinajstić information content (AvgIpc) is 2.45. The van der Waals surface area contributed by atoms with Gasteiger partial charge in [0, 0.05) is 11.5 Å². The van der Waals surface area contributed by atoms with Gasteiger partial charge in [-0.05, 0) is 56.0 Å². The van der Waals surface area contributed by atoms with Gasteiger partial charge in [-0.3, -0.25) is 0 Å². The lowest BCUT2D eigenvalue weighted by molar-refractivity contribution is 0.0466. The highest BCUT2D eigenvalue weighted by atomic mass is 32.2. The zero-order chi connectivity index (χ0) is 14.5. The molecule has 1 aromatic rings. The first-order chi connectivity index (χ1) is 9.63. The Morgan fingerprint density at radius 2 is 2.00 bits per heavy atom. The van der Waals surface area contributed by atoms with Crippen LogP contribution in [-0.4, -0.2) is 30.8 Å². The van der Waals surface area contributed by atoms with Crippen molar-refractivity contribution in [2.24, 2.45) is 0 Å². The Morgan fingerprint density at radius 3 is 2.65 bits per heavy atom. The molecule has 2 atom stereocenters. The molecule has 1 heterocycles. The molecule has 112 valence electrons. The highest BCUT2D eigenvalue weighted by Crippen LogP contribution is 2.29. The van der Waals surface area contributed by atoms with E-state index < -0.39 is 0 Å². The Balaban J connectivity index is 2.27. The second-order valence-corrected chi connectivity index (χ2v) is 6.86. The van der Waals surface area contributed by atoms with Crippen molar-refractivity contribution >= 4 is 11.8 Å². The maximum absolute atomic E-state index is 6.03. The van der Waals surface area contributed by atoms with Crippen LogP contribution in [0.5, 0.6) is 0 Å². The van der Waals surface area contributed by atoms with Gasteiger partial charge in [-0.15, -0.1) is 0 Å². The van der Waals surface area contributed by atoms with Crippen molar-refractivity contribution in [1.82, 2.24) is 5.32 Å². The molecular formula is C17H27NOS. The summed E-state index contributed by atoms with van der Waals surface area (Å²) in [5.74, 6) is 2.22. The van der Waals surface area contributed by atoms with Crippen LogP contribution >= 0.6 is 11.8 Å². The molecule has 2 nitrogen and oxygen atoms in total. The predicted molar refractivity (Wildman–Crippen MR) is 88.8 cm³/mol. The first-order valence-electron chi connectivity index (χ1n) is 7.64. The summed E-state index contributed by atoms with van der Waals surface area (Å²) in [7, 11) is 0. The van der Waals surface area contributed by atoms with E-state index in [0.717, 1.165) is 31.1 Å². The second kappa shape index (κ2) is 7.48. The van der Waals surface area contributed by atoms with Gasteiger partial charge in [-0.1, -0.05) is 19.1 Å². The van der Waals surface area contributed by atoms with Crippen molar-refractivity contribution in [2.75, 3.05) is 24.7 Å². The molecule has 1 saturated heterocycles. The molecule has 0 spiro atoms. The van der Waals surface area contributed by atoms with Crippen LogP contribution < -0.4 is 5.32 Å². The van der Waals surface area contributed by atoms with E-state index in [9.17, 15) is 0 Å². The molecule has 0 bridgehead atoms. The number of benzene rings is 1. The van der Waals surface area contributed by atoms with Gasteiger partial charge in [-0.2, -0.15) is 11.8 Å². The lowest BCUT2D eigenvalue weighted by Crippen LogP contribution is -2.39. The van der Waals surface area contributed by atoms with E-state index in [4.69, 9.17) is 4.74 Å². The van der Waals surface area contributed by atoms with Crippen LogP contribution in [0.1, 0.15) is 41.6 Å². The molecule has 20 heavy (non-hydrogen) atoms. The van der Waals surface area contributed by atoms with Gasteiger partial charge in [0.2, 0.25) is 0 Å². The van der Waals surface area contributed by atoms with Gasteiger partial charge < -0.3 is 10.1 Å². The minimum Gasteiger partial charge on any atom is -0.375 e. The zero-order valence-corrected chi connectivity index (χ0v) is 14.0. The van der Waals surface area contributed by atoms with Crippen LogP contribution in [0.25, 0.3) is 0 Å². The normalized spacial score (nSPS) is 20.9. The van der Waals surface area contributed by atoms with Crippen LogP contribution in [-0.2, 0) is 4.74 Å². The summed E-state index contributed by atoms with van der Waals surface area (Å²) >= 11 is 2.01. The molecule has 0 amide bonds. The third-order valence-electron chi connectivity index (χ3n) is 4.05. The number of rotatable bonds is 5. The van der Waals surface area contributed by atoms with Crippen molar-refractivity contribution in [3.05, 3.63) is 34.4 Å². The largest absolute Gasteiger partial charge is 0.375 e. The summed E-state index contributed by atoms with van der Waals surface area (Å²) in [6.07, 6.45) is 1.45. The highest BCUT2D eigenvalue weighted by Gasteiger charge is 2.27. The first-order valence-corrected chi connectivity index (χ1v) is 8.79. The molecule has 2 unspecified atom stereocenters. The summed E-state index contributed by atoms with van der Waals surface area (Å²) in [5, 5.41) is 3.70. The number of ether oxygens (including phenoxy) is 1. The van der Waals surface area contributed by atoms with Gasteiger partial charge >= 0.3 is 0 Å². The van der Waals surface area contributed by atoms with Gasteiger partial charge in [0.1, 0.15) is 0 Å². The van der Waals surface area contributed by atoms with Crippen molar-refractivity contribution in [3.63, 3.8) is 0 Å².